The third kappa shape index (κ3) is 6.28. The van der Waals surface area contributed by atoms with Gasteiger partial charge in [0.2, 0.25) is 11.8 Å². The molecule has 3 rings (SSSR count). The Labute approximate surface area is 171 Å². The molecule has 0 saturated heterocycles. The highest BCUT2D eigenvalue weighted by atomic mass is 16.2. The number of nitrogens with one attached hydrogen (secondary N) is 2. The first-order valence-electron chi connectivity index (χ1n) is 10.3. The van der Waals surface area contributed by atoms with Crippen molar-refractivity contribution in [2.24, 2.45) is 11.8 Å². The Kier molecular flexibility index (Phi) is 7.56. The molecule has 0 radical (unpaired) electrons. The molecule has 5 heteroatoms. The lowest BCUT2D eigenvalue weighted by molar-refractivity contribution is -0.131. The van der Waals surface area contributed by atoms with Crippen molar-refractivity contribution in [2.75, 3.05) is 0 Å². The largest absolute Gasteiger partial charge is 0.352 e. The fourth-order valence-electron chi connectivity index (χ4n) is 3.85. The van der Waals surface area contributed by atoms with Gasteiger partial charge in [0, 0.05) is 18.4 Å². The summed E-state index contributed by atoms with van der Waals surface area (Å²) in [5.41, 5.74) is 2.09. The third-order valence-electron chi connectivity index (χ3n) is 5.57. The summed E-state index contributed by atoms with van der Waals surface area (Å²) in [6, 6.07) is 19.0. The molecule has 152 valence electrons. The maximum absolute atomic E-state index is 12.6. The van der Waals surface area contributed by atoms with E-state index >= 15 is 0 Å². The van der Waals surface area contributed by atoms with E-state index in [2.05, 4.69) is 10.6 Å². The van der Waals surface area contributed by atoms with E-state index < -0.39 is 6.04 Å². The van der Waals surface area contributed by atoms with E-state index in [1.54, 1.807) is 0 Å². The number of benzene rings is 2. The van der Waals surface area contributed by atoms with E-state index in [4.69, 9.17) is 0 Å². The quantitative estimate of drug-likeness (QED) is 0.678. The monoisotopic (exact) mass is 392 g/mol. The second-order valence-corrected chi connectivity index (χ2v) is 7.69. The van der Waals surface area contributed by atoms with Gasteiger partial charge in [0.1, 0.15) is 6.29 Å². The fourth-order valence-corrected chi connectivity index (χ4v) is 3.85. The van der Waals surface area contributed by atoms with Crippen LogP contribution in [0.3, 0.4) is 0 Å². The number of carbonyl (C=O) groups excluding carboxylic acids is 3. The van der Waals surface area contributed by atoms with E-state index in [-0.39, 0.29) is 23.7 Å². The lowest BCUT2D eigenvalue weighted by Crippen LogP contribution is -2.43. The van der Waals surface area contributed by atoms with Crippen LogP contribution in [0, 0.1) is 11.8 Å². The molecule has 0 heterocycles. The van der Waals surface area contributed by atoms with Gasteiger partial charge in [-0.25, -0.2) is 0 Å². The van der Waals surface area contributed by atoms with Crippen molar-refractivity contribution in [1.82, 2.24) is 10.6 Å². The van der Waals surface area contributed by atoms with Gasteiger partial charge in [-0.1, -0.05) is 60.7 Å². The fraction of sp³-hybridized carbons (Fsp3) is 0.375. The van der Waals surface area contributed by atoms with Gasteiger partial charge in [0.25, 0.3) is 0 Å². The molecular formula is C24H28N2O3. The van der Waals surface area contributed by atoms with Crippen LogP contribution in [0.5, 0.6) is 0 Å². The number of hydrogen-bond acceptors (Lipinski definition) is 3. The van der Waals surface area contributed by atoms with Crippen LogP contribution in [0.2, 0.25) is 0 Å². The molecule has 1 fully saturated rings. The van der Waals surface area contributed by atoms with E-state index in [0.29, 0.717) is 38.6 Å². The van der Waals surface area contributed by atoms with Gasteiger partial charge in [0.05, 0.1) is 6.04 Å². The highest BCUT2D eigenvalue weighted by molar-refractivity contribution is 5.83. The Morgan fingerprint density at radius 1 is 0.828 bits per heavy atom. The SMILES string of the molecule is O=CC(Cc1ccccc1)NC(=O)[C@H]1CC[C@H](C(=O)NCc2ccccc2)CC1. The maximum atomic E-state index is 12.6. The Hall–Kier alpha value is -2.95. The van der Waals surface area contributed by atoms with E-state index in [0.717, 1.165) is 17.4 Å². The van der Waals surface area contributed by atoms with Crippen molar-refractivity contribution in [3.63, 3.8) is 0 Å². The smallest absolute Gasteiger partial charge is 0.223 e. The first kappa shape index (κ1) is 20.8. The summed E-state index contributed by atoms with van der Waals surface area (Å²) in [6.45, 7) is 0.528. The van der Waals surface area contributed by atoms with Crippen molar-refractivity contribution in [1.29, 1.82) is 0 Å². The molecular weight excluding hydrogens is 364 g/mol. The highest BCUT2D eigenvalue weighted by Crippen LogP contribution is 2.29. The summed E-state index contributed by atoms with van der Waals surface area (Å²) >= 11 is 0. The molecule has 0 spiro atoms. The molecule has 29 heavy (non-hydrogen) atoms. The van der Waals surface area contributed by atoms with Gasteiger partial charge in [-0.15, -0.1) is 0 Å². The summed E-state index contributed by atoms with van der Waals surface area (Å²) in [7, 11) is 0. The Bertz CT molecular complexity index is 799. The predicted molar refractivity (Wildman–Crippen MR) is 112 cm³/mol. The van der Waals surface area contributed by atoms with Crippen molar-refractivity contribution in [3.05, 3.63) is 71.8 Å². The average Bonchev–Trinajstić information content (AvgIpc) is 2.78. The number of rotatable bonds is 8. The zero-order chi connectivity index (χ0) is 20.5. The topological polar surface area (TPSA) is 75.3 Å². The lowest BCUT2D eigenvalue weighted by atomic mass is 9.81. The molecule has 1 unspecified atom stereocenters. The van der Waals surface area contributed by atoms with Crippen LogP contribution < -0.4 is 10.6 Å². The van der Waals surface area contributed by atoms with Crippen LogP contribution in [0.25, 0.3) is 0 Å². The van der Waals surface area contributed by atoms with Crippen molar-refractivity contribution in [3.8, 4) is 0 Å². The van der Waals surface area contributed by atoms with Crippen molar-refractivity contribution in [2.45, 2.75) is 44.7 Å². The van der Waals surface area contributed by atoms with Crippen LogP contribution in [0.1, 0.15) is 36.8 Å². The Morgan fingerprint density at radius 2 is 1.34 bits per heavy atom. The van der Waals surface area contributed by atoms with Crippen LogP contribution in [-0.2, 0) is 27.3 Å². The Balaban J connectivity index is 1.42. The van der Waals surface area contributed by atoms with E-state index in [9.17, 15) is 14.4 Å². The van der Waals surface area contributed by atoms with E-state index in [1.807, 2.05) is 60.7 Å². The average molecular weight is 392 g/mol. The normalized spacial score (nSPS) is 19.7. The van der Waals surface area contributed by atoms with Gasteiger partial charge >= 0.3 is 0 Å². The molecule has 0 aliphatic heterocycles. The van der Waals surface area contributed by atoms with Gasteiger partial charge in [0.15, 0.2) is 0 Å². The van der Waals surface area contributed by atoms with Crippen LogP contribution in [0.15, 0.2) is 60.7 Å². The van der Waals surface area contributed by atoms with E-state index in [1.165, 1.54) is 0 Å². The summed E-state index contributed by atoms with van der Waals surface area (Å²) < 4.78 is 0. The van der Waals surface area contributed by atoms with Crippen molar-refractivity contribution < 1.29 is 14.4 Å². The molecule has 2 aromatic rings. The first-order chi connectivity index (χ1) is 14.2. The summed E-state index contributed by atoms with van der Waals surface area (Å²) in [4.78, 5) is 36.4. The Morgan fingerprint density at radius 3 is 1.90 bits per heavy atom. The number of aldehydes is 1. The zero-order valence-corrected chi connectivity index (χ0v) is 16.6. The molecule has 0 bridgehead atoms. The third-order valence-corrected chi connectivity index (χ3v) is 5.57. The second kappa shape index (κ2) is 10.6. The number of hydrogen-bond donors (Lipinski definition) is 2. The second-order valence-electron chi connectivity index (χ2n) is 7.69. The molecule has 2 N–H and O–H groups in total. The van der Waals surface area contributed by atoms with Crippen LogP contribution in [0.4, 0.5) is 0 Å². The molecule has 5 nitrogen and oxygen atoms in total. The highest BCUT2D eigenvalue weighted by Gasteiger charge is 2.30. The standard InChI is InChI=1S/C24H28N2O3/c27-17-22(15-18-7-3-1-4-8-18)26-24(29)21-13-11-20(12-14-21)23(28)25-16-19-9-5-2-6-10-19/h1-10,17,20-22H,11-16H2,(H,25,28)(H,26,29)/t20-,21-,22?. The summed E-state index contributed by atoms with van der Waals surface area (Å²) in [6.07, 6.45) is 4.03. The lowest BCUT2D eigenvalue weighted by Gasteiger charge is -2.28. The predicted octanol–water partition coefficient (Wildman–Crippen LogP) is 3.04. The molecule has 1 aliphatic carbocycles. The van der Waals surface area contributed by atoms with Gasteiger partial charge in [-0.05, 0) is 43.2 Å². The van der Waals surface area contributed by atoms with Crippen LogP contribution in [-0.4, -0.2) is 24.1 Å². The number of carbonyl (C=O) groups is 3. The zero-order valence-electron chi connectivity index (χ0n) is 16.6. The minimum absolute atomic E-state index is 0.0473. The minimum atomic E-state index is -0.517. The van der Waals surface area contributed by atoms with Gasteiger partial charge in [-0.2, -0.15) is 0 Å². The molecule has 2 aromatic carbocycles. The molecule has 0 aromatic heterocycles. The van der Waals surface area contributed by atoms with Crippen molar-refractivity contribution >= 4 is 18.1 Å². The molecule has 2 amide bonds. The number of amides is 2. The molecule has 1 atom stereocenters. The maximum Gasteiger partial charge on any atom is 0.223 e. The summed E-state index contributed by atoms with van der Waals surface area (Å²) in [5, 5.41) is 5.86. The molecule has 1 saturated carbocycles. The van der Waals surface area contributed by atoms with Gasteiger partial charge in [-0.3, -0.25) is 9.59 Å². The van der Waals surface area contributed by atoms with Crippen LogP contribution >= 0.6 is 0 Å². The summed E-state index contributed by atoms with van der Waals surface area (Å²) in [5.74, 6) is -0.205. The van der Waals surface area contributed by atoms with Gasteiger partial charge < -0.3 is 15.4 Å². The molecule has 1 aliphatic rings. The first-order valence-corrected chi connectivity index (χ1v) is 10.3. The minimum Gasteiger partial charge on any atom is -0.352 e.